The first-order chi connectivity index (χ1) is 15.9. The molecule has 0 spiro atoms. The largest absolute Gasteiger partial charge is 0.497 e. The van der Waals surface area contributed by atoms with Gasteiger partial charge in [0.2, 0.25) is 0 Å². The highest BCUT2D eigenvalue weighted by Gasteiger charge is 2.14. The Bertz CT molecular complexity index is 1210. The van der Waals surface area contributed by atoms with Crippen LogP contribution in [0.4, 0.5) is 5.69 Å². The molecule has 0 aromatic heterocycles. The summed E-state index contributed by atoms with van der Waals surface area (Å²) >= 11 is 11.9. The second-order valence-electron chi connectivity index (χ2n) is 6.47. The summed E-state index contributed by atoms with van der Waals surface area (Å²) in [5.74, 6) is -1.65. The number of hydrogen-bond acceptors (Lipinski definition) is 6. The highest BCUT2D eigenvalue weighted by atomic mass is 35.5. The number of hydrogen-bond donors (Lipinski definition) is 2. The molecule has 0 bridgehead atoms. The maximum Gasteiger partial charge on any atom is 0.345 e. The number of anilines is 1. The van der Waals surface area contributed by atoms with Crippen molar-refractivity contribution in [1.29, 1.82) is 0 Å². The van der Waals surface area contributed by atoms with Crippen molar-refractivity contribution in [1.82, 2.24) is 5.43 Å². The van der Waals surface area contributed by atoms with Crippen molar-refractivity contribution in [2.24, 2.45) is 5.10 Å². The summed E-state index contributed by atoms with van der Waals surface area (Å²) in [6.07, 6.45) is 1.30. The van der Waals surface area contributed by atoms with E-state index in [0.29, 0.717) is 22.0 Å². The van der Waals surface area contributed by atoms with Crippen LogP contribution in [-0.4, -0.2) is 31.1 Å². The Kier molecular flexibility index (Phi) is 8.01. The van der Waals surface area contributed by atoms with Crippen LogP contribution >= 0.6 is 23.2 Å². The Morgan fingerprint density at radius 3 is 2.36 bits per heavy atom. The molecule has 2 N–H and O–H groups in total. The van der Waals surface area contributed by atoms with Gasteiger partial charge in [0.05, 0.1) is 23.9 Å². The topological polar surface area (TPSA) is 106 Å². The first kappa shape index (κ1) is 23.8. The quantitative estimate of drug-likeness (QED) is 0.178. The summed E-state index contributed by atoms with van der Waals surface area (Å²) in [5.41, 5.74) is 3.23. The van der Waals surface area contributed by atoms with Crippen LogP contribution in [0, 0.1) is 0 Å². The van der Waals surface area contributed by atoms with Crippen molar-refractivity contribution >= 4 is 52.9 Å². The summed E-state index contributed by atoms with van der Waals surface area (Å²) in [6, 6.07) is 17.3. The van der Waals surface area contributed by atoms with Crippen molar-refractivity contribution in [2.75, 3.05) is 12.4 Å². The third kappa shape index (κ3) is 6.80. The fourth-order valence-corrected chi connectivity index (χ4v) is 3.04. The van der Waals surface area contributed by atoms with Crippen LogP contribution in [0.2, 0.25) is 10.0 Å². The standard InChI is InChI=1S/C23H17Cl2N3O5/c1-32-17-8-6-16(7-9-17)27-21(29)22(30)28-26-13-14-3-2-4-18(11-14)33-23(31)19-10-5-15(24)12-20(19)25/h2-13H,1H3,(H,27,29)(H,28,30)/b26-13+. The lowest BCUT2D eigenvalue weighted by molar-refractivity contribution is -0.136. The predicted molar refractivity (Wildman–Crippen MR) is 125 cm³/mol. The van der Waals surface area contributed by atoms with Crippen LogP contribution in [0.5, 0.6) is 11.5 Å². The number of carbonyl (C=O) groups excluding carboxylic acids is 3. The van der Waals surface area contributed by atoms with Crippen LogP contribution in [0.1, 0.15) is 15.9 Å². The molecule has 0 saturated carbocycles. The molecule has 0 aliphatic carbocycles. The summed E-state index contributed by atoms with van der Waals surface area (Å²) in [7, 11) is 1.52. The van der Waals surface area contributed by atoms with Crippen molar-refractivity contribution in [3.8, 4) is 11.5 Å². The van der Waals surface area contributed by atoms with Crippen LogP contribution in [0.3, 0.4) is 0 Å². The van der Waals surface area contributed by atoms with Crippen molar-refractivity contribution < 1.29 is 23.9 Å². The van der Waals surface area contributed by atoms with Crippen molar-refractivity contribution in [2.45, 2.75) is 0 Å². The van der Waals surface area contributed by atoms with Gasteiger partial charge in [-0.2, -0.15) is 5.10 Å². The molecule has 3 aromatic carbocycles. The minimum absolute atomic E-state index is 0.162. The lowest BCUT2D eigenvalue weighted by Gasteiger charge is -2.07. The fourth-order valence-electron chi connectivity index (χ4n) is 2.55. The molecular weight excluding hydrogens is 469 g/mol. The van der Waals surface area contributed by atoms with E-state index in [4.69, 9.17) is 32.7 Å². The molecule has 2 amide bonds. The highest BCUT2D eigenvalue weighted by Crippen LogP contribution is 2.23. The molecule has 0 saturated heterocycles. The van der Waals surface area contributed by atoms with E-state index >= 15 is 0 Å². The predicted octanol–water partition coefficient (Wildman–Crippen LogP) is 4.31. The maximum atomic E-state index is 12.3. The van der Waals surface area contributed by atoms with Crippen LogP contribution in [0.25, 0.3) is 0 Å². The third-order valence-corrected chi connectivity index (χ3v) is 4.70. The summed E-state index contributed by atoms with van der Waals surface area (Å²) < 4.78 is 10.4. The highest BCUT2D eigenvalue weighted by molar-refractivity contribution is 6.39. The average Bonchev–Trinajstić information content (AvgIpc) is 2.79. The molecule has 0 unspecified atom stereocenters. The van der Waals surface area contributed by atoms with Gasteiger partial charge < -0.3 is 14.8 Å². The van der Waals surface area contributed by atoms with Crippen molar-refractivity contribution in [3.05, 3.63) is 87.9 Å². The number of ether oxygens (including phenoxy) is 2. The van der Waals surface area contributed by atoms with E-state index in [1.54, 1.807) is 42.5 Å². The van der Waals surface area contributed by atoms with Gasteiger partial charge >= 0.3 is 17.8 Å². The van der Waals surface area contributed by atoms with Gasteiger partial charge in [-0.3, -0.25) is 9.59 Å². The van der Waals surface area contributed by atoms with Gasteiger partial charge in [-0.15, -0.1) is 0 Å². The van der Waals surface area contributed by atoms with Gasteiger partial charge in [-0.1, -0.05) is 35.3 Å². The van der Waals surface area contributed by atoms with E-state index in [9.17, 15) is 14.4 Å². The molecule has 3 rings (SSSR count). The Labute approximate surface area is 199 Å². The normalized spacial score (nSPS) is 10.5. The van der Waals surface area contributed by atoms with E-state index in [2.05, 4.69) is 15.8 Å². The number of amides is 2. The number of esters is 1. The van der Waals surface area contributed by atoms with Gasteiger partial charge in [0.1, 0.15) is 11.5 Å². The lowest BCUT2D eigenvalue weighted by Crippen LogP contribution is -2.32. The SMILES string of the molecule is COc1ccc(NC(=O)C(=O)N/N=C/c2cccc(OC(=O)c3ccc(Cl)cc3Cl)c2)cc1. The zero-order valence-corrected chi connectivity index (χ0v) is 18.7. The number of methoxy groups -OCH3 is 1. The number of nitrogens with zero attached hydrogens (tertiary/aromatic N) is 1. The minimum Gasteiger partial charge on any atom is -0.497 e. The first-order valence-electron chi connectivity index (χ1n) is 9.41. The molecule has 3 aromatic rings. The molecule has 0 aliphatic heterocycles. The molecule has 10 heteroatoms. The lowest BCUT2D eigenvalue weighted by atomic mass is 10.2. The number of rotatable bonds is 6. The molecular formula is C23H17Cl2N3O5. The van der Waals surface area contributed by atoms with Crippen LogP contribution in [-0.2, 0) is 9.59 Å². The molecule has 168 valence electrons. The van der Waals surface area contributed by atoms with E-state index in [-0.39, 0.29) is 16.3 Å². The zero-order chi connectivity index (χ0) is 23.8. The van der Waals surface area contributed by atoms with Crippen LogP contribution in [0.15, 0.2) is 71.8 Å². The molecule has 0 atom stereocenters. The molecule has 33 heavy (non-hydrogen) atoms. The number of hydrazone groups is 1. The molecule has 0 radical (unpaired) electrons. The van der Waals surface area contributed by atoms with Crippen molar-refractivity contribution in [3.63, 3.8) is 0 Å². The molecule has 0 heterocycles. The van der Waals surface area contributed by atoms with Gasteiger partial charge in [-0.25, -0.2) is 10.2 Å². The molecule has 8 nitrogen and oxygen atoms in total. The Morgan fingerprint density at radius 2 is 1.67 bits per heavy atom. The minimum atomic E-state index is -0.956. The smallest absolute Gasteiger partial charge is 0.345 e. The van der Waals surface area contributed by atoms with E-state index in [1.165, 1.54) is 37.6 Å². The first-order valence-corrected chi connectivity index (χ1v) is 10.2. The third-order valence-electron chi connectivity index (χ3n) is 4.15. The number of nitrogens with one attached hydrogen (secondary N) is 2. The summed E-state index contributed by atoms with van der Waals surface area (Å²) in [6.45, 7) is 0. The molecule has 0 fully saturated rings. The monoisotopic (exact) mass is 485 g/mol. The van der Waals surface area contributed by atoms with E-state index < -0.39 is 17.8 Å². The van der Waals surface area contributed by atoms with E-state index in [1.807, 2.05) is 0 Å². The fraction of sp³-hybridized carbons (Fsp3) is 0.0435. The van der Waals surface area contributed by atoms with Crippen LogP contribution < -0.4 is 20.2 Å². The Hall–Kier alpha value is -3.88. The number of carbonyl (C=O) groups is 3. The zero-order valence-electron chi connectivity index (χ0n) is 17.2. The van der Waals surface area contributed by atoms with Gasteiger partial charge in [0, 0.05) is 10.7 Å². The second-order valence-corrected chi connectivity index (χ2v) is 7.31. The number of halogens is 2. The second kappa shape index (κ2) is 11.1. The summed E-state index contributed by atoms with van der Waals surface area (Å²) in [5, 5.41) is 6.76. The number of benzene rings is 3. The van der Waals surface area contributed by atoms with Gasteiger partial charge in [-0.05, 0) is 60.2 Å². The Balaban J connectivity index is 1.56. The maximum absolute atomic E-state index is 12.3. The van der Waals surface area contributed by atoms with Gasteiger partial charge in [0.15, 0.2) is 0 Å². The summed E-state index contributed by atoms with van der Waals surface area (Å²) in [4.78, 5) is 36.2. The van der Waals surface area contributed by atoms with E-state index in [0.717, 1.165) is 0 Å². The average molecular weight is 486 g/mol. The Morgan fingerprint density at radius 1 is 0.909 bits per heavy atom. The molecule has 0 aliphatic rings. The van der Waals surface area contributed by atoms with Gasteiger partial charge in [0.25, 0.3) is 0 Å².